The van der Waals surface area contributed by atoms with E-state index in [-0.39, 0.29) is 27.4 Å². The Labute approximate surface area is 165 Å². The number of benzene rings is 2. The molecule has 1 heterocycles. The largest absolute Gasteiger partial charge is 0.339 e. The molecule has 3 rings (SSSR count). The molecule has 27 heavy (non-hydrogen) atoms. The van der Waals surface area contributed by atoms with Gasteiger partial charge in [-0.05, 0) is 56.5 Å². The Morgan fingerprint density at radius 1 is 1.19 bits per heavy atom. The van der Waals surface area contributed by atoms with Crippen LogP contribution in [0.2, 0.25) is 5.02 Å². The molecule has 0 fully saturated rings. The summed E-state index contributed by atoms with van der Waals surface area (Å²) in [4.78, 5) is 14.3. The molecule has 5 nitrogen and oxygen atoms in total. The number of para-hydroxylation sites is 1. The first-order chi connectivity index (χ1) is 12.7. The van der Waals surface area contributed by atoms with Crippen LogP contribution >= 0.6 is 11.6 Å². The van der Waals surface area contributed by atoms with Crippen LogP contribution in [-0.2, 0) is 16.4 Å². The lowest BCUT2D eigenvalue weighted by atomic mass is 10.0. The number of aryl methyl sites for hydroxylation is 1. The standard InChI is InChI=1S/C20H23ClN2O3S/c1-14(2)22(3)20(24)17-13-16(10-11-18(17)21)27(25,26)23-12-6-8-15-7-4-5-9-19(15)23/h4-5,7,9-11,13-14H,6,8,12H2,1-3H3. The lowest BCUT2D eigenvalue weighted by Crippen LogP contribution is -2.36. The number of hydrogen-bond donors (Lipinski definition) is 0. The van der Waals surface area contributed by atoms with Gasteiger partial charge in [0.15, 0.2) is 0 Å². The minimum Gasteiger partial charge on any atom is -0.339 e. The Bertz CT molecular complexity index is 973. The summed E-state index contributed by atoms with van der Waals surface area (Å²) in [6, 6.07) is 11.8. The van der Waals surface area contributed by atoms with E-state index < -0.39 is 10.0 Å². The first kappa shape index (κ1) is 19.7. The van der Waals surface area contributed by atoms with E-state index in [0.717, 1.165) is 18.4 Å². The first-order valence-electron chi connectivity index (χ1n) is 8.91. The molecular weight excluding hydrogens is 384 g/mol. The van der Waals surface area contributed by atoms with Gasteiger partial charge in [0.05, 0.1) is 21.2 Å². The SMILES string of the molecule is CC(C)N(C)C(=O)c1cc(S(=O)(=O)N2CCCc3ccccc32)ccc1Cl. The van der Waals surface area contributed by atoms with Gasteiger partial charge < -0.3 is 4.90 Å². The average molecular weight is 407 g/mol. The monoisotopic (exact) mass is 406 g/mol. The van der Waals surface area contributed by atoms with Crippen molar-refractivity contribution < 1.29 is 13.2 Å². The predicted molar refractivity (Wildman–Crippen MR) is 108 cm³/mol. The van der Waals surface area contributed by atoms with Crippen molar-refractivity contribution in [1.82, 2.24) is 4.90 Å². The fourth-order valence-corrected chi connectivity index (χ4v) is 4.90. The second-order valence-corrected chi connectivity index (χ2v) is 9.23. The van der Waals surface area contributed by atoms with E-state index in [1.165, 1.54) is 27.4 Å². The zero-order valence-electron chi connectivity index (χ0n) is 15.6. The molecule has 0 saturated heterocycles. The van der Waals surface area contributed by atoms with Crippen LogP contribution in [-0.4, -0.2) is 38.9 Å². The van der Waals surface area contributed by atoms with E-state index in [1.807, 2.05) is 38.1 Å². The third-order valence-electron chi connectivity index (χ3n) is 4.92. The van der Waals surface area contributed by atoms with Crippen LogP contribution in [0.3, 0.4) is 0 Å². The maximum absolute atomic E-state index is 13.3. The van der Waals surface area contributed by atoms with E-state index in [1.54, 1.807) is 7.05 Å². The molecule has 144 valence electrons. The molecule has 0 N–H and O–H groups in total. The number of carbonyl (C=O) groups excluding carboxylic acids is 1. The van der Waals surface area contributed by atoms with E-state index in [9.17, 15) is 13.2 Å². The van der Waals surface area contributed by atoms with Gasteiger partial charge in [-0.1, -0.05) is 29.8 Å². The maximum Gasteiger partial charge on any atom is 0.264 e. The van der Waals surface area contributed by atoms with Crippen LogP contribution in [0.5, 0.6) is 0 Å². The number of anilines is 1. The summed E-state index contributed by atoms with van der Waals surface area (Å²) in [6.07, 6.45) is 1.61. The van der Waals surface area contributed by atoms with Crippen molar-refractivity contribution in [2.24, 2.45) is 0 Å². The second kappa shape index (κ2) is 7.52. The minimum absolute atomic E-state index is 0.0252. The highest BCUT2D eigenvalue weighted by Gasteiger charge is 2.30. The molecule has 0 radical (unpaired) electrons. The molecule has 2 aromatic rings. The zero-order chi connectivity index (χ0) is 19.8. The van der Waals surface area contributed by atoms with Gasteiger partial charge in [-0.2, -0.15) is 0 Å². The predicted octanol–water partition coefficient (Wildman–Crippen LogP) is 3.96. The number of fused-ring (bicyclic) bond motifs is 1. The summed E-state index contributed by atoms with van der Waals surface area (Å²) in [5, 5.41) is 0.241. The van der Waals surface area contributed by atoms with Crippen molar-refractivity contribution in [2.45, 2.75) is 37.6 Å². The van der Waals surface area contributed by atoms with Gasteiger partial charge in [0.1, 0.15) is 0 Å². The number of hydrogen-bond acceptors (Lipinski definition) is 3. The fraction of sp³-hybridized carbons (Fsp3) is 0.350. The van der Waals surface area contributed by atoms with E-state index >= 15 is 0 Å². The third-order valence-corrected chi connectivity index (χ3v) is 7.06. The van der Waals surface area contributed by atoms with Crippen LogP contribution in [0, 0.1) is 0 Å². The number of sulfonamides is 1. The zero-order valence-corrected chi connectivity index (χ0v) is 17.2. The number of carbonyl (C=O) groups is 1. The molecule has 0 atom stereocenters. The van der Waals surface area contributed by atoms with Crippen LogP contribution < -0.4 is 4.31 Å². The maximum atomic E-state index is 13.3. The smallest absolute Gasteiger partial charge is 0.264 e. The molecule has 1 aliphatic rings. The molecule has 0 aromatic heterocycles. The number of nitrogens with zero attached hydrogens (tertiary/aromatic N) is 2. The Balaban J connectivity index is 2.04. The highest BCUT2D eigenvalue weighted by Crippen LogP contribution is 2.33. The van der Waals surface area contributed by atoms with Crippen LogP contribution in [0.25, 0.3) is 0 Å². The molecule has 2 aromatic carbocycles. The molecule has 0 bridgehead atoms. The Hall–Kier alpha value is -2.05. The van der Waals surface area contributed by atoms with Gasteiger partial charge in [0.2, 0.25) is 0 Å². The van der Waals surface area contributed by atoms with Gasteiger partial charge in [-0.25, -0.2) is 8.42 Å². The van der Waals surface area contributed by atoms with Crippen molar-refractivity contribution in [3.63, 3.8) is 0 Å². The van der Waals surface area contributed by atoms with Gasteiger partial charge in [0.25, 0.3) is 15.9 Å². The van der Waals surface area contributed by atoms with E-state index in [0.29, 0.717) is 12.2 Å². The second-order valence-electron chi connectivity index (χ2n) is 6.96. The fourth-order valence-electron chi connectivity index (χ4n) is 3.13. The number of halogens is 1. The average Bonchev–Trinajstić information content (AvgIpc) is 2.66. The van der Waals surface area contributed by atoms with Gasteiger partial charge in [-0.15, -0.1) is 0 Å². The Kier molecular flexibility index (Phi) is 5.49. The molecular formula is C20H23ClN2O3S. The highest BCUT2D eigenvalue weighted by molar-refractivity contribution is 7.92. The lowest BCUT2D eigenvalue weighted by Gasteiger charge is -2.30. The third kappa shape index (κ3) is 3.69. The molecule has 0 saturated carbocycles. The topological polar surface area (TPSA) is 57.7 Å². The summed E-state index contributed by atoms with van der Waals surface area (Å²) >= 11 is 6.20. The lowest BCUT2D eigenvalue weighted by molar-refractivity contribution is 0.0755. The quantitative estimate of drug-likeness (QED) is 0.772. The summed E-state index contributed by atoms with van der Waals surface area (Å²) in [6.45, 7) is 4.19. The van der Waals surface area contributed by atoms with E-state index in [4.69, 9.17) is 11.6 Å². The Morgan fingerprint density at radius 3 is 2.59 bits per heavy atom. The van der Waals surface area contributed by atoms with Crippen molar-refractivity contribution >= 4 is 33.2 Å². The molecule has 0 unspecified atom stereocenters. The van der Waals surface area contributed by atoms with E-state index in [2.05, 4.69) is 0 Å². The van der Waals surface area contributed by atoms with Gasteiger partial charge in [0, 0.05) is 19.6 Å². The van der Waals surface area contributed by atoms with Gasteiger partial charge in [-0.3, -0.25) is 9.10 Å². The van der Waals surface area contributed by atoms with Crippen molar-refractivity contribution in [3.05, 3.63) is 58.6 Å². The summed E-state index contributed by atoms with van der Waals surface area (Å²) in [5.41, 5.74) is 1.90. The van der Waals surface area contributed by atoms with Crippen molar-refractivity contribution in [2.75, 3.05) is 17.9 Å². The number of amides is 1. The van der Waals surface area contributed by atoms with Crippen molar-refractivity contribution in [3.8, 4) is 0 Å². The van der Waals surface area contributed by atoms with Gasteiger partial charge >= 0.3 is 0 Å². The minimum atomic E-state index is -3.79. The number of rotatable bonds is 4. The van der Waals surface area contributed by atoms with Crippen LogP contribution in [0.4, 0.5) is 5.69 Å². The first-order valence-corrected chi connectivity index (χ1v) is 10.7. The highest BCUT2D eigenvalue weighted by atomic mass is 35.5. The molecule has 1 aliphatic heterocycles. The molecule has 7 heteroatoms. The normalized spacial score (nSPS) is 14.2. The summed E-state index contributed by atoms with van der Waals surface area (Å²) in [5.74, 6) is -0.300. The van der Waals surface area contributed by atoms with Crippen LogP contribution in [0.1, 0.15) is 36.2 Å². The van der Waals surface area contributed by atoms with Crippen LogP contribution in [0.15, 0.2) is 47.4 Å². The Morgan fingerprint density at radius 2 is 1.89 bits per heavy atom. The summed E-state index contributed by atoms with van der Waals surface area (Å²) < 4.78 is 28.0. The van der Waals surface area contributed by atoms with Crippen molar-refractivity contribution in [1.29, 1.82) is 0 Å². The molecule has 0 aliphatic carbocycles. The molecule has 1 amide bonds. The summed E-state index contributed by atoms with van der Waals surface area (Å²) in [7, 11) is -2.12. The molecule has 0 spiro atoms.